The van der Waals surface area contributed by atoms with Crippen molar-refractivity contribution < 1.29 is 23.6 Å². The van der Waals surface area contributed by atoms with E-state index in [1.54, 1.807) is 49.6 Å². The number of carbonyl (C=O) groups is 3. The third-order valence-corrected chi connectivity index (χ3v) is 9.51. The lowest BCUT2D eigenvalue weighted by molar-refractivity contribution is -0.118. The van der Waals surface area contributed by atoms with Gasteiger partial charge >= 0.3 is 0 Å². The first-order chi connectivity index (χ1) is 22.9. The average Bonchev–Trinajstić information content (AvgIpc) is 3.80. The lowest BCUT2D eigenvalue weighted by Gasteiger charge is -2.40. The Kier molecular flexibility index (Phi) is 5.53. The van der Waals surface area contributed by atoms with Crippen LogP contribution in [0.1, 0.15) is 54.4 Å². The van der Waals surface area contributed by atoms with Crippen LogP contribution in [0.5, 0.6) is 5.75 Å². The zero-order valence-electron chi connectivity index (χ0n) is 25.3. The zero-order valence-corrected chi connectivity index (χ0v) is 25.3. The van der Waals surface area contributed by atoms with Crippen molar-refractivity contribution in [3.63, 3.8) is 0 Å². The molecule has 4 aliphatic rings. The van der Waals surface area contributed by atoms with E-state index in [9.17, 15) is 14.4 Å². The van der Waals surface area contributed by atoms with Crippen molar-refractivity contribution in [3.8, 4) is 5.75 Å². The Labute approximate surface area is 269 Å². The molecule has 0 bridgehead atoms. The Morgan fingerprint density at radius 2 is 1.36 bits per heavy atom. The van der Waals surface area contributed by atoms with Gasteiger partial charge < -0.3 is 19.5 Å². The maximum Gasteiger partial charge on any atom is 0.244 e. The molecule has 0 fully saturated rings. The topological polar surface area (TPSA) is 102 Å². The highest BCUT2D eigenvalue weighted by Gasteiger charge is 2.65. The molecular formula is C39H25N3O5. The van der Waals surface area contributed by atoms with Gasteiger partial charge in [0.15, 0.2) is 17.3 Å². The van der Waals surface area contributed by atoms with Gasteiger partial charge in [0, 0.05) is 44.7 Å². The van der Waals surface area contributed by atoms with Crippen molar-refractivity contribution in [1.29, 1.82) is 0 Å². The first-order valence-electron chi connectivity index (χ1n) is 15.2. The first kappa shape index (κ1) is 27.1. The number of methoxy groups -OCH3 is 1. The minimum absolute atomic E-state index is 0.210. The Morgan fingerprint density at radius 1 is 0.766 bits per heavy atom. The molecule has 2 aliphatic carbocycles. The maximum absolute atomic E-state index is 14.8. The Bertz CT molecular complexity index is 2260. The molecule has 9 rings (SSSR count). The standard InChI is InChI=1S/C39H25N3O5/c1-21-33(30(47-41-21)19-16-22-10-4-3-5-11-22)42-34-24-12-6-8-14-26(24)36(43)31(34)39(28-20-23(46-2)17-18-29(28)40-38(39)45)32-35(42)25-13-7-9-15-27(25)37(32)44/h3-20H,1-2H3,(H,40,45)/b19-16+. The molecule has 0 radical (unpaired) electrons. The van der Waals surface area contributed by atoms with Crippen LogP contribution in [0, 0.1) is 6.92 Å². The van der Waals surface area contributed by atoms with Gasteiger partial charge in [-0.2, -0.15) is 0 Å². The number of amides is 1. The summed E-state index contributed by atoms with van der Waals surface area (Å²) in [6.07, 6.45) is 3.76. The van der Waals surface area contributed by atoms with E-state index in [-0.39, 0.29) is 22.7 Å². The molecule has 1 amide bonds. The average molecular weight is 616 g/mol. The second-order valence-corrected chi connectivity index (χ2v) is 11.9. The van der Waals surface area contributed by atoms with Gasteiger partial charge in [0.2, 0.25) is 5.91 Å². The number of fused-ring (bicyclic) bond motifs is 8. The number of hydrogen-bond acceptors (Lipinski definition) is 7. The van der Waals surface area contributed by atoms with Gasteiger partial charge in [-0.3, -0.25) is 14.4 Å². The summed E-state index contributed by atoms with van der Waals surface area (Å²) in [7, 11) is 1.54. The number of anilines is 2. The summed E-state index contributed by atoms with van der Waals surface area (Å²) in [6.45, 7) is 1.83. The number of hydrogen-bond donors (Lipinski definition) is 1. The van der Waals surface area contributed by atoms with E-state index in [1.165, 1.54) is 0 Å². The molecule has 8 nitrogen and oxygen atoms in total. The quantitative estimate of drug-likeness (QED) is 0.230. The van der Waals surface area contributed by atoms with Crippen molar-refractivity contribution in [2.45, 2.75) is 12.3 Å². The molecular weight excluding hydrogens is 590 g/mol. The molecule has 4 aromatic carbocycles. The molecule has 226 valence electrons. The fourth-order valence-corrected chi connectivity index (χ4v) is 7.55. The molecule has 1 N–H and O–H groups in total. The van der Waals surface area contributed by atoms with E-state index in [0.717, 1.165) is 5.56 Å². The minimum atomic E-state index is -1.75. The molecule has 1 aromatic heterocycles. The number of ether oxygens (including phenoxy) is 1. The minimum Gasteiger partial charge on any atom is -0.497 e. The van der Waals surface area contributed by atoms with Crippen LogP contribution in [0.15, 0.2) is 113 Å². The summed E-state index contributed by atoms with van der Waals surface area (Å²) in [4.78, 5) is 46.2. The fraction of sp³-hybridized carbons (Fsp3) is 0.0769. The van der Waals surface area contributed by atoms with Crippen LogP contribution < -0.4 is 15.0 Å². The van der Waals surface area contributed by atoms with Gasteiger partial charge in [0.25, 0.3) is 0 Å². The fourth-order valence-electron chi connectivity index (χ4n) is 7.55. The highest BCUT2D eigenvalue weighted by molar-refractivity contribution is 6.39. The van der Waals surface area contributed by atoms with E-state index >= 15 is 0 Å². The SMILES string of the molecule is COc1ccc2c(c1)C1(C(=O)N2)C2=C(c3ccccc3C2=O)N(c2c(C)noc2/C=C/c2ccccc2)C2=C1C(=O)c1ccccc12. The Hall–Kier alpha value is -6.28. The predicted molar refractivity (Wildman–Crippen MR) is 178 cm³/mol. The third kappa shape index (κ3) is 3.41. The number of rotatable bonds is 4. The summed E-state index contributed by atoms with van der Waals surface area (Å²) < 4.78 is 11.5. The number of ketones is 2. The summed E-state index contributed by atoms with van der Waals surface area (Å²) in [6, 6.07) is 29.7. The van der Waals surface area contributed by atoms with E-state index < -0.39 is 11.3 Å². The number of aromatic nitrogens is 1. The zero-order chi connectivity index (χ0) is 32.0. The van der Waals surface area contributed by atoms with Crippen LogP contribution in [-0.2, 0) is 10.2 Å². The van der Waals surface area contributed by atoms with Gasteiger partial charge in [0.05, 0.1) is 18.5 Å². The van der Waals surface area contributed by atoms with Gasteiger partial charge in [-0.1, -0.05) is 90.1 Å². The molecule has 8 heteroatoms. The van der Waals surface area contributed by atoms with E-state index in [2.05, 4.69) is 10.5 Å². The number of carbonyl (C=O) groups excluding carboxylic acids is 3. The molecule has 0 atom stereocenters. The number of benzene rings is 4. The molecule has 0 unspecified atom stereocenters. The van der Waals surface area contributed by atoms with Crippen LogP contribution in [0.25, 0.3) is 23.5 Å². The van der Waals surface area contributed by atoms with Crippen LogP contribution in [-0.4, -0.2) is 29.7 Å². The van der Waals surface area contributed by atoms with Crippen LogP contribution in [0.4, 0.5) is 11.4 Å². The molecule has 47 heavy (non-hydrogen) atoms. The van der Waals surface area contributed by atoms with Crippen LogP contribution in [0.3, 0.4) is 0 Å². The maximum atomic E-state index is 14.8. The van der Waals surface area contributed by atoms with E-state index in [4.69, 9.17) is 9.26 Å². The number of Topliss-reactive ketones (excluding diaryl/α,β-unsaturated/α-hetero) is 2. The smallest absolute Gasteiger partial charge is 0.244 e. The van der Waals surface area contributed by atoms with Crippen LogP contribution >= 0.6 is 0 Å². The van der Waals surface area contributed by atoms with Crippen LogP contribution in [0.2, 0.25) is 0 Å². The Balaban J connectivity index is 1.42. The summed E-state index contributed by atoms with van der Waals surface area (Å²) in [5.74, 6) is -0.170. The summed E-state index contributed by atoms with van der Waals surface area (Å²) >= 11 is 0. The van der Waals surface area contributed by atoms with Gasteiger partial charge in [-0.15, -0.1) is 0 Å². The summed E-state index contributed by atoms with van der Waals surface area (Å²) in [5.41, 5.74) is 5.00. The highest BCUT2D eigenvalue weighted by atomic mass is 16.5. The lowest BCUT2D eigenvalue weighted by atomic mass is 9.65. The predicted octanol–water partition coefficient (Wildman–Crippen LogP) is 7.09. The molecule has 2 aliphatic heterocycles. The first-order valence-corrected chi connectivity index (χ1v) is 15.2. The lowest BCUT2D eigenvalue weighted by Crippen LogP contribution is -2.47. The molecule has 1 spiro atoms. The van der Waals surface area contributed by atoms with Crippen molar-refractivity contribution in [2.75, 3.05) is 17.3 Å². The second kappa shape index (κ2) is 9.61. The normalized spacial score (nSPS) is 16.9. The van der Waals surface area contributed by atoms with Crippen molar-refractivity contribution in [2.24, 2.45) is 0 Å². The van der Waals surface area contributed by atoms with Gasteiger partial charge in [0.1, 0.15) is 22.5 Å². The van der Waals surface area contributed by atoms with E-state index in [0.29, 0.717) is 67.8 Å². The van der Waals surface area contributed by atoms with Gasteiger partial charge in [-0.25, -0.2) is 0 Å². The molecule has 0 saturated heterocycles. The number of nitrogens with one attached hydrogen (secondary N) is 1. The highest BCUT2D eigenvalue weighted by Crippen LogP contribution is 2.63. The van der Waals surface area contributed by atoms with Crippen molar-refractivity contribution >= 4 is 52.4 Å². The Morgan fingerprint density at radius 3 is 1.98 bits per heavy atom. The molecule has 5 aromatic rings. The molecule has 3 heterocycles. The number of aryl methyl sites for hydroxylation is 1. The third-order valence-electron chi connectivity index (χ3n) is 9.51. The monoisotopic (exact) mass is 615 g/mol. The molecule has 0 saturated carbocycles. The second-order valence-electron chi connectivity index (χ2n) is 11.9. The number of nitrogens with zero attached hydrogens (tertiary/aromatic N) is 2. The van der Waals surface area contributed by atoms with Crippen molar-refractivity contribution in [1.82, 2.24) is 5.16 Å². The van der Waals surface area contributed by atoms with E-state index in [1.807, 2.05) is 78.6 Å². The largest absolute Gasteiger partial charge is 0.497 e. The van der Waals surface area contributed by atoms with Gasteiger partial charge in [-0.05, 0) is 36.8 Å². The van der Waals surface area contributed by atoms with Crippen molar-refractivity contribution in [3.05, 3.63) is 153 Å². The summed E-state index contributed by atoms with van der Waals surface area (Å²) in [5, 5.41) is 7.38.